The first-order valence-corrected chi connectivity index (χ1v) is 6.41. The molecule has 3 N–H and O–H groups in total. The molecule has 0 spiro atoms. The van der Waals surface area contributed by atoms with Crippen LogP contribution in [-0.2, 0) is 16.6 Å². The first-order chi connectivity index (χ1) is 7.22. The predicted octanol–water partition coefficient (Wildman–Crippen LogP) is -0.248. The molecule has 0 aliphatic rings. The molecule has 0 amide bonds. The second kappa shape index (κ2) is 6.52. The van der Waals surface area contributed by atoms with Crippen molar-refractivity contribution in [3.05, 3.63) is 18.2 Å². The van der Waals surface area contributed by atoms with E-state index in [-0.39, 0.29) is 0 Å². The Kier molecular flexibility index (Phi) is 5.27. The summed E-state index contributed by atoms with van der Waals surface area (Å²) in [5, 5.41) is 6.30. The number of H-pyrrole nitrogens is 1. The number of thiocarbonyl (C=S) groups is 1. The Labute approximate surface area is 96.5 Å². The maximum Gasteiger partial charge on any atom is 0.166 e. The van der Waals surface area contributed by atoms with Crippen molar-refractivity contribution in [1.29, 1.82) is 0 Å². The van der Waals surface area contributed by atoms with Gasteiger partial charge in [0.2, 0.25) is 0 Å². The van der Waals surface area contributed by atoms with E-state index in [1.807, 2.05) is 0 Å². The maximum absolute atomic E-state index is 11.5. The Morgan fingerprint density at radius 3 is 3.13 bits per heavy atom. The summed E-state index contributed by atoms with van der Waals surface area (Å²) in [5.74, 6) is 1.77. The van der Waals surface area contributed by atoms with Gasteiger partial charge >= 0.3 is 0 Å². The van der Waals surface area contributed by atoms with Gasteiger partial charge in [0.1, 0.15) is 5.82 Å². The summed E-state index contributed by atoms with van der Waals surface area (Å²) in [5.41, 5.74) is 0. The molecule has 0 aromatic carbocycles. The molecule has 1 rings (SSSR count). The van der Waals surface area contributed by atoms with Crippen LogP contribution in [0.1, 0.15) is 5.82 Å². The number of imidazole rings is 1. The molecule has 0 aliphatic heterocycles. The van der Waals surface area contributed by atoms with E-state index < -0.39 is 10.8 Å². The minimum absolute atomic E-state index is 0.459. The lowest BCUT2D eigenvalue weighted by molar-refractivity contribution is 0.680. The standard InChI is InChI=1S/C8H14N4OS2/c1-9-8(14)12-4-5-15(13)6-7-10-2-3-11-7/h2-3H,4-6H2,1H3,(H,10,11)(H2,9,12,14). The van der Waals surface area contributed by atoms with Gasteiger partial charge in [0.05, 0.1) is 5.75 Å². The average molecular weight is 246 g/mol. The average Bonchev–Trinajstić information content (AvgIpc) is 2.70. The largest absolute Gasteiger partial charge is 0.366 e. The quantitative estimate of drug-likeness (QED) is 0.625. The van der Waals surface area contributed by atoms with Gasteiger partial charge in [-0.1, -0.05) is 0 Å². The zero-order valence-corrected chi connectivity index (χ0v) is 10.1. The van der Waals surface area contributed by atoms with Crippen molar-refractivity contribution in [3.8, 4) is 0 Å². The van der Waals surface area contributed by atoms with Gasteiger partial charge in [0.25, 0.3) is 0 Å². The van der Waals surface area contributed by atoms with Crippen molar-refractivity contribution in [2.24, 2.45) is 0 Å². The molecule has 0 radical (unpaired) electrons. The summed E-state index contributed by atoms with van der Waals surface area (Å²) in [6, 6.07) is 0. The fraction of sp³-hybridized carbons (Fsp3) is 0.500. The number of hydrogen-bond acceptors (Lipinski definition) is 3. The van der Waals surface area contributed by atoms with Crippen LogP contribution in [0.3, 0.4) is 0 Å². The number of hydrogen-bond donors (Lipinski definition) is 3. The van der Waals surface area contributed by atoms with E-state index in [1.54, 1.807) is 19.4 Å². The molecule has 1 aromatic rings. The molecule has 0 saturated heterocycles. The normalized spacial score (nSPS) is 12.1. The Hall–Kier alpha value is -0.950. The number of nitrogens with zero attached hydrogens (tertiary/aromatic N) is 1. The van der Waals surface area contributed by atoms with Crippen LogP contribution in [0.15, 0.2) is 12.4 Å². The third-order valence-corrected chi connectivity index (χ3v) is 3.30. The molecule has 0 fully saturated rings. The Balaban J connectivity index is 2.17. The van der Waals surface area contributed by atoms with Crippen molar-refractivity contribution < 1.29 is 4.21 Å². The van der Waals surface area contributed by atoms with E-state index in [4.69, 9.17) is 12.2 Å². The molecule has 0 aliphatic carbocycles. The van der Waals surface area contributed by atoms with Crippen LogP contribution in [0.25, 0.3) is 0 Å². The Morgan fingerprint density at radius 1 is 1.73 bits per heavy atom. The number of nitrogens with one attached hydrogen (secondary N) is 3. The summed E-state index contributed by atoms with van der Waals surface area (Å²) in [7, 11) is 0.834. The predicted molar refractivity (Wildman–Crippen MR) is 65.0 cm³/mol. The van der Waals surface area contributed by atoms with E-state index >= 15 is 0 Å². The van der Waals surface area contributed by atoms with Gasteiger partial charge in [-0.3, -0.25) is 4.21 Å². The molecule has 1 heterocycles. The van der Waals surface area contributed by atoms with Crippen LogP contribution in [0.5, 0.6) is 0 Å². The molecule has 7 heteroatoms. The highest BCUT2D eigenvalue weighted by Crippen LogP contribution is 1.94. The fourth-order valence-electron chi connectivity index (χ4n) is 0.968. The molecule has 0 bridgehead atoms. The van der Waals surface area contributed by atoms with Gasteiger partial charge in [-0.05, 0) is 12.2 Å². The second-order valence-corrected chi connectivity index (χ2v) is 4.81. The van der Waals surface area contributed by atoms with Gasteiger partial charge in [-0.15, -0.1) is 0 Å². The van der Waals surface area contributed by atoms with Crippen LogP contribution in [0.2, 0.25) is 0 Å². The molecule has 15 heavy (non-hydrogen) atoms. The highest BCUT2D eigenvalue weighted by Gasteiger charge is 2.03. The fourth-order valence-corrected chi connectivity index (χ4v) is 2.01. The zero-order chi connectivity index (χ0) is 11.1. The third-order valence-electron chi connectivity index (χ3n) is 1.69. The van der Waals surface area contributed by atoms with E-state index in [2.05, 4.69) is 20.6 Å². The first-order valence-electron chi connectivity index (χ1n) is 4.51. The lowest BCUT2D eigenvalue weighted by Crippen LogP contribution is -2.35. The van der Waals surface area contributed by atoms with Gasteiger partial charge in [0.15, 0.2) is 5.11 Å². The topological polar surface area (TPSA) is 69.8 Å². The van der Waals surface area contributed by atoms with Crippen LogP contribution < -0.4 is 10.6 Å². The molecular formula is C8H14N4OS2. The highest BCUT2D eigenvalue weighted by atomic mass is 32.2. The van der Waals surface area contributed by atoms with E-state index in [0.29, 0.717) is 23.2 Å². The van der Waals surface area contributed by atoms with Crippen LogP contribution in [-0.4, -0.2) is 38.6 Å². The van der Waals surface area contributed by atoms with Gasteiger partial charge < -0.3 is 15.6 Å². The van der Waals surface area contributed by atoms with Crippen LogP contribution >= 0.6 is 12.2 Å². The number of aromatic nitrogens is 2. The summed E-state index contributed by atoms with van der Waals surface area (Å²) in [4.78, 5) is 6.92. The molecule has 5 nitrogen and oxygen atoms in total. The SMILES string of the molecule is CNC(=S)NCCS(=O)Cc1ncc[nH]1. The molecule has 1 atom stereocenters. The summed E-state index contributed by atoms with van der Waals surface area (Å²) < 4.78 is 11.5. The van der Waals surface area contributed by atoms with Gasteiger partial charge in [-0.25, -0.2) is 4.98 Å². The monoisotopic (exact) mass is 246 g/mol. The lowest BCUT2D eigenvalue weighted by Gasteiger charge is -2.05. The summed E-state index contributed by atoms with van der Waals surface area (Å²) in [6.07, 6.45) is 3.38. The molecule has 84 valence electrons. The summed E-state index contributed by atoms with van der Waals surface area (Å²) in [6.45, 7) is 0.604. The van der Waals surface area contributed by atoms with E-state index in [0.717, 1.165) is 5.82 Å². The Bertz CT molecular complexity index is 325. The highest BCUT2D eigenvalue weighted by molar-refractivity contribution is 7.84. The number of aromatic amines is 1. The lowest BCUT2D eigenvalue weighted by atomic mass is 10.7. The summed E-state index contributed by atoms with van der Waals surface area (Å²) >= 11 is 4.88. The smallest absolute Gasteiger partial charge is 0.166 e. The molecular weight excluding hydrogens is 232 g/mol. The Morgan fingerprint density at radius 2 is 2.53 bits per heavy atom. The van der Waals surface area contributed by atoms with Gasteiger partial charge in [0, 0.05) is 42.5 Å². The number of rotatable bonds is 5. The maximum atomic E-state index is 11.5. The minimum Gasteiger partial charge on any atom is -0.366 e. The van der Waals surface area contributed by atoms with Crippen molar-refractivity contribution in [3.63, 3.8) is 0 Å². The molecule has 1 aromatic heterocycles. The van der Waals surface area contributed by atoms with Crippen molar-refractivity contribution in [2.45, 2.75) is 5.75 Å². The van der Waals surface area contributed by atoms with Crippen molar-refractivity contribution in [2.75, 3.05) is 19.3 Å². The minimum atomic E-state index is -0.911. The third kappa shape index (κ3) is 4.89. The molecule has 1 unspecified atom stereocenters. The molecule has 0 saturated carbocycles. The first kappa shape index (κ1) is 12.1. The van der Waals surface area contributed by atoms with E-state index in [1.165, 1.54) is 0 Å². The van der Waals surface area contributed by atoms with E-state index in [9.17, 15) is 4.21 Å². The van der Waals surface area contributed by atoms with Crippen molar-refractivity contribution >= 4 is 28.1 Å². The van der Waals surface area contributed by atoms with Gasteiger partial charge in [-0.2, -0.15) is 0 Å². The van der Waals surface area contributed by atoms with Crippen LogP contribution in [0.4, 0.5) is 0 Å². The zero-order valence-electron chi connectivity index (χ0n) is 8.45. The second-order valence-electron chi connectivity index (χ2n) is 2.83. The van der Waals surface area contributed by atoms with Crippen LogP contribution in [0, 0.1) is 0 Å². The van der Waals surface area contributed by atoms with Crippen molar-refractivity contribution in [1.82, 2.24) is 20.6 Å².